The monoisotopic (exact) mass is 372 g/mol. The average Bonchev–Trinajstić information content (AvgIpc) is 2.69. The molecule has 1 aliphatic rings. The largest absolute Gasteiger partial charge is 0.494 e. The van der Waals surface area contributed by atoms with E-state index in [1.807, 2.05) is 0 Å². The van der Waals surface area contributed by atoms with Crippen molar-refractivity contribution in [2.75, 3.05) is 6.61 Å². The van der Waals surface area contributed by atoms with Crippen molar-refractivity contribution in [3.05, 3.63) is 29.8 Å². The Bertz CT molecular complexity index is 672. The van der Waals surface area contributed by atoms with Gasteiger partial charge in [0.1, 0.15) is 11.3 Å². The highest BCUT2D eigenvalue weighted by Gasteiger charge is 2.35. The number of hydrogen-bond acceptors (Lipinski definition) is 5. The third-order valence-corrected chi connectivity index (χ3v) is 4.79. The van der Waals surface area contributed by atoms with Gasteiger partial charge < -0.3 is 14.8 Å². The van der Waals surface area contributed by atoms with Crippen molar-refractivity contribution in [2.45, 2.75) is 70.4 Å². The molecule has 1 aliphatic carbocycles. The van der Waals surface area contributed by atoms with Gasteiger partial charge in [0.05, 0.1) is 18.2 Å². The van der Waals surface area contributed by atoms with Crippen molar-refractivity contribution in [3.8, 4) is 11.8 Å². The molecular formula is C21H28N2O4. The Hall–Kier alpha value is -2.55. The second kappa shape index (κ2) is 9.96. The van der Waals surface area contributed by atoms with Gasteiger partial charge in [0.2, 0.25) is 0 Å². The van der Waals surface area contributed by atoms with E-state index in [9.17, 15) is 14.9 Å². The maximum absolute atomic E-state index is 12.4. The van der Waals surface area contributed by atoms with E-state index in [-0.39, 0.29) is 0 Å². The molecule has 0 aliphatic heterocycles. The first-order valence-corrected chi connectivity index (χ1v) is 9.67. The van der Waals surface area contributed by atoms with E-state index in [1.54, 1.807) is 24.3 Å². The Balaban J connectivity index is 1.88. The first-order valence-electron chi connectivity index (χ1n) is 9.67. The minimum atomic E-state index is -0.967. The predicted molar refractivity (Wildman–Crippen MR) is 101 cm³/mol. The number of amides is 1. The fourth-order valence-electron chi connectivity index (χ4n) is 3.06. The summed E-state index contributed by atoms with van der Waals surface area (Å²) in [5.74, 6) is -0.321. The maximum atomic E-state index is 12.4. The van der Waals surface area contributed by atoms with Crippen LogP contribution in [0, 0.1) is 11.3 Å². The highest BCUT2D eigenvalue weighted by Crippen LogP contribution is 2.27. The quantitative estimate of drug-likeness (QED) is 0.554. The lowest BCUT2D eigenvalue weighted by molar-refractivity contribution is -0.130. The normalized spacial score (nSPS) is 16.6. The number of hydrogen-bond donors (Lipinski definition) is 1. The lowest BCUT2D eigenvalue weighted by Gasteiger charge is -2.32. The summed E-state index contributed by atoms with van der Waals surface area (Å²) < 4.78 is 10.8. The molecule has 1 aromatic rings. The zero-order valence-corrected chi connectivity index (χ0v) is 16.1. The van der Waals surface area contributed by atoms with E-state index in [0.29, 0.717) is 30.8 Å². The molecule has 1 fully saturated rings. The molecule has 6 heteroatoms. The summed E-state index contributed by atoms with van der Waals surface area (Å²) in [6.45, 7) is 4.24. The van der Waals surface area contributed by atoms with Gasteiger partial charge >= 0.3 is 5.97 Å². The average molecular weight is 372 g/mol. The van der Waals surface area contributed by atoms with E-state index < -0.39 is 23.5 Å². The van der Waals surface area contributed by atoms with Crippen LogP contribution in [0.3, 0.4) is 0 Å². The molecule has 0 spiro atoms. The van der Waals surface area contributed by atoms with Crippen LogP contribution >= 0.6 is 0 Å². The second-order valence-electron chi connectivity index (χ2n) is 7.02. The topological polar surface area (TPSA) is 88.4 Å². The number of carbonyl (C=O) groups is 2. The van der Waals surface area contributed by atoms with Crippen LogP contribution in [-0.4, -0.2) is 30.1 Å². The van der Waals surface area contributed by atoms with Crippen LogP contribution in [0.25, 0.3) is 0 Å². The van der Waals surface area contributed by atoms with Gasteiger partial charge in [0, 0.05) is 0 Å². The smallest absolute Gasteiger partial charge is 0.338 e. The molecule has 0 bridgehead atoms. The molecule has 6 nitrogen and oxygen atoms in total. The van der Waals surface area contributed by atoms with E-state index in [2.05, 4.69) is 18.3 Å². The Morgan fingerprint density at radius 2 is 1.89 bits per heavy atom. The van der Waals surface area contributed by atoms with Crippen LogP contribution in [0.15, 0.2) is 24.3 Å². The van der Waals surface area contributed by atoms with Crippen molar-refractivity contribution in [1.82, 2.24) is 5.32 Å². The molecule has 146 valence electrons. The minimum Gasteiger partial charge on any atom is -0.494 e. The Labute approximate surface area is 160 Å². The molecular weight excluding hydrogens is 344 g/mol. The number of nitrogens with zero attached hydrogens (tertiary/aromatic N) is 1. The van der Waals surface area contributed by atoms with Crippen LogP contribution in [0.1, 0.15) is 69.2 Å². The molecule has 0 radical (unpaired) electrons. The number of esters is 1. The van der Waals surface area contributed by atoms with Gasteiger partial charge in [-0.15, -0.1) is 0 Å². The Morgan fingerprint density at radius 1 is 1.22 bits per heavy atom. The SMILES string of the molecule is CCCCOc1ccc(C(=O)O[C@@H](C)C(=O)NC2(C#N)CCCCC2)cc1. The van der Waals surface area contributed by atoms with Gasteiger partial charge in [0.15, 0.2) is 6.10 Å². The summed E-state index contributed by atoms with van der Waals surface area (Å²) in [6.07, 6.45) is 5.22. The van der Waals surface area contributed by atoms with E-state index >= 15 is 0 Å². The van der Waals surface area contributed by atoms with E-state index in [1.165, 1.54) is 6.92 Å². The molecule has 1 aromatic carbocycles. The van der Waals surface area contributed by atoms with Gasteiger partial charge in [0.25, 0.3) is 5.91 Å². The maximum Gasteiger partial charge on any atom is 0.338 e. The van der Waals surface area contributed by atoms with Crippen molar-refractivity contribution >= 4 is 11.9 Å². The van der Waals surface area contributed by atoms with E-state index in [4.69, 9.17) is 9.47 Å². The fraction of sp³-hybridized carbons (Fsp3) is 0.571. The molecule has 0 aromatic heterocycles. The van der Waals surface area contributed by atoms with Crippen molar-refractivity contribution in [1.29, 1.82) is 5.26 Å². The van der Waals surface area contributed by atoms with Gasteiger partial charge in [-0.3, -0.25) is 4.79 Å². The van der Waals surface area contributed by atoms with Crippen LogP contribution in [-0.2, 0) is 9.53 Å². The first kappa shape index (κ1) is 20.8. The lowest BCUT2D eigenvalue weighted by atomic mass is 9.83. The molecule has 0 unspecified atom stereocenters. The van der Waals surface area contributed by atoms with Crippen LogP contribution in [0.5, 0.6) is 5.75 Å². The molecule has 0 heterocycles. The third-order valence-electron chi connectivity index (χ3n) is 4.79. The number of carbonyl (C=O) groups excluding carboxylic acids is 2. The Kier molecular flexibility index (Phi) is 7.66. The van der Waals surface area contributed by atoms with Gasteiger partial charge in [-0.05, 0) is 50.5 Å². The number of nitrogens with one attached hydrogen (secondary N) is 1. The molecule has 1 N–H and O–H groups in total. The van der Waals surface area contributed by atoms with Crippen LogP contribution in [0.4, 0.5) is 0 Å². The highest BCUT2D eigenvalue weighted by molar-refractivity contribution is 5.92. The fourth-order valence-corrected chi connectivity index (χ4v) is 3.06. The molecule has 0 saturated heterocycles. The minimum absolute atomic E-state index is 0.352. The second-order valence-corrected chi connectivity index (χ2v) is 7.02. The summed E-state index contributed by atoms with van der Waals surface area (Å²) in [5, 5.41) is 12.2. The van der Waals surface area contributed by atoms with Crippen molar-refractivity contribution in [2.24, 2.45) is 0 Å². The molecule has 1 amide bonds. The van der Waals surface area contributed by atoms with Crippen molar-refractivity contribution < 1.29 is 19.1 Å². The molecule has 1 atom stereocenters. The number of rotatable bonds is 8. The highest BCUT2D eigenvalue weighted by atomic mass is 16.5. The zero-order chi connectivity index (χ0) is 19.7. The zero-order valence-electron chi connectivity index (χ0n) is 16.1. The van der Waals surface area contributed by atoms with Gasteiger partial charge in [-0.1, -0.05) is 32.6 Å². The standard InChI is InChI=1S/C21H28N2O4/c1-3-4-14-26-18-10-8-17(9-11-18)20(25)27-16(2)19(24)23-21(15-22)12-6-5-7-13-21/h8-11,16H,3-7,12-14H2,1-2H3,(H,23,24)/t16-/m0/s1. The number of nitriles is 1. The van der Waals surface area contributed by atoms with Crippen LogP contribution in [0.2, 0.25) is 0 Å². The summed E-state index contributed by atoms with van der Waals surface area (Å²) in [5.41, 5.74) is -0.488. The molecule has 27 heavy (non-hydrogen) atoms. The summed E-state index contributed by atoms with van der Waals surface area (Å²) in [6, 6.07) is 8.89. The Morgan fingerprint density at radius 3 is 2.48 bits per heavy atom. The molecule has 1 saturated carbocycles. The third kappa shape index (κ3) is 5.99. The van der Waals surface area contributed by atoms with Crippen molar-refractivity contribution in [3.63, 3.8) is 0 Å². The summed E-state index contributed by atoms with van der Waals surface area (Å²) in [7, 11) is 0. The first-order chi connectivity index (χ1) is 13.0. The van der Waals surface area contributed by atoms with Crippen LogP contribution < -0.4 is 10.1 Å². The number of ether oxygens (including phenoxy) is 2. The number of benzene rings is 1. The van der Waals surface area contributed by atoms with Gasteiger partial charge in [-0.25, -0.2) is 4.79 Å². The van der Waals surface area contributed by atoms with E-state index in [0.717, 1.165) is 32.1 Å². The summed E-state index contributed by atoms with van der Waals surface area (Å²) in [4.78, 5) is 24.6. The predicted octanol–water partition coefficient (Wildman–Crippen LogP) is 3.75. The van der Waals surface area contributed by atoms with Gasteiger partial charge in [-0.2, -0.15) is 5.26 Å². The summed E-state index contributed by atoms with van der Waals surface area (Å²) >= 11 is 0. The molecule has 2 rings (SSSR count). The lowest BCUT2D eigenvalue weighted by Crippen LogP contribution is -2.52. The number of unbranched alkanes of at least 4 members (excludes halogenated alkanes) is 1.